The molecule has 0 fully saturated rings. The monoisotopic (exact) mass is 422 g/mol. The van der Waals surface area contributed by atoms with E-state index in [0.717, 1.165) is 0 Å². The summed E-state index contributed by atoms with van der Waals surface area (Å²) in [6.07, 6.45) is 0. The van der Waals surface area contributed by atoms with Gasteiger partial charge in [-0.1, -0.05) is 54.6 Å². The smallest absolute Gasteiger partial charge is 0.263 e. The minimum Gasteiger partial charge on any atom is -0.504 e. The zero-order valence-corrected chi connectivity index (χ0v) is 16.8. The molecular formula is C26H18N2O4. The molecule has 0 amide bonds. The van der Waals surface area contributed by atoms with E-state index in [0.29, 0.717) is 32.9 Å². The van der Waals surface area contributed by atoms with Crippen molar-refractivity contribution in [2.24, 2.45) is 4.99 Å². The minimum absolute atomic E-state index is 0.0579. The number of hydrogen-bond acceptors (Lipinski definition) is 5. The Morgan fingerprint density at radius 1 is 0.719 bits per heavy atom. The van der Waals surface area contributed by atoms with Gasteiger partial charge in [0.2, 0.25) is 5.75 Å². The molecule has 5 rings (SSSR count). The number of carbonyl (C=O) groups excluding carboxylic acids is 1. The third-order valence-electron chi connectivity index (χ3n) is 5.33. The first-order chi connectivity index (χ1) is 15.6. The zero-order valence-electron chi connectivity index (χ0n) is 16.8. The van der Waals surface area contributed by atoms with Gasteiger partial charge >= 0.3 is 0 Å². The summed E-state index contributed by atoms with van der Waals surface area (Å²) in [6.45, 7) is 0. The number of carbonyl (C=O) groups is 1. The number of hydrogen-bond donors (Lipinski definition) is 3. The maximum atomic E-state index is 13.6. The Bertz CT molecular complexity index is 1560. The molecule has 0 bridgehead atoms. The van der Waals surface area contributed by atoms with Gasteiger partial charge in [-0.15, -0.1) is 0 Å². The van der Waals surface area contributed by atoms with Gasteiger partial charge in [0.1, 0.15) is 5.52 Å². The second kappa shape index (κ2) is 7.59. The zero-order chi connectivity index (χ0) is 22.2. The van der Waals surface area contributed by atoms with Crippen LogP contribution in [0.1, 0.15) is 10.4 Å². The van der Waals surface area contributed by atoms with Crippen LogP contribution >= 0.6 is 0 Å². The van der Waals surface area contributed by atoms with Crippen LogP contribution in [0.25, 0.3) is 21.8 Å². The average Bonchev–Trinajstić information content (AvgIpc) is 2.84. The average molecular weight is 422 g/mol. The molecule has 0 aliphatic rings. The van der Waals surface area contributed by atoms with Gasteiger partial charge in [0.05, 0.1) is 16.6 Å². The molecule has 156 valence electrons. The van der Waals surface area contributed by atoms with E-state index in [1.54, 1.807) is 42.5 Å². The molecule has 0 saturated heterocycles. The Morgan fingerprint density at radius 3 is 2.06 bits per heavy atom. The molecule has 0 aliphatic carbocycles. The molecule has 0 saturated carbocycles. The predicted molar refractivity (Wildman–Crippen MR) is 122 cm³/mol. The Kier molecular flexibility index (Phi) is 4.60. The van der Waals surface area contributed by atoms with Gasteiger partial charge in [-0.3, -0.25) is 9.36 Å². The standard InChI is InChI=1S/C26H18N2O4/c29-21-15-19-22(27-17-11-5-2-6-12-17)18-13-7-8-14-20(18)28(23(19)25(31)24(21)30)26(32)16-9-3-1-4-10-16/h1-15,29-31H. The van der Waals surface area contributed by atoms with Crippen LogP contribution in [0.15, 0.2) is 96.0 Å². The van der Waals surface area contributed by atoms with Crippen LogP contribution < -0.4 is 5.36 Å². The van der Waals surface area contributed by atoms with Gasteiger partial charge in [-0.2, -0.15) is 0 Å². The van der Waals surface area contributed by atoms with Crippen LogP contribution in [0, 0.1) is 0 Å². The Labute approximate surface area is 182 Å². The van der Waals surface area contributed by atoms with E-state index in [9.17, 15) is 20.1 Å². The highest BCUT2D eigenvalue weighted by molar-refractivity contribution is 6.10. The largest absolute Gasteiger partial charge is 0.504 e. The number of phenols is 3. The topological polar surface area (TPSA) is 95.1 Å². The van der Waals surface area contributed by atoms with Crippen molar-refractivity contribution in [3.8, 4) is 17.2 Å². The van der Waals surface area contributed by atoms with Crippen LogP contribution in [0.5, 0.6) is 17.2 Å². The first kappa shape index (κ1) is 19.4. The number of aromatic hydroxyl groups is 3. The molecule has 0 aliphatic heterocycles. The fraction of sp³-hybridized carbons (Fsp3) is 0. The summed E-state index contributed by atoms with van der Waals surface area (Å²) in [6, 6.07) is 26.4. The number of rotatable bonds is 2. The van der Waals surface area contributed by atoms with E-state index in [1.165, 1.54) is 10.6 Å². The van der Waals surface area contributed by atoms with Crippen molar-refractivity contribution >= 4 is 33.4 Å². The normalized spacial score (nSPS) is 11.8. The van der Waals surface area contributed by atoms with Gasteiger partial charge in [-0.25, -0.2) is 4.99 Å². The molecular weight excluding hydrogens is 404 g/mol. The number of aromatic nitrogens is 1. The molecule has 32 heavy (non-hydrogen) atoms. The Balaban J connectivity index is 2.02. The van der Waals surface area contributed by atoms with Crippen molar-refractivity contribution in [3.05, 3.63) is 102 Å². The molecule has 3 N–H and O–H groups in total. The number of benzene rings is 4. The predicted octanol–water partition coefficient (Wildman–Crippen LogP) is 4.83. The van der Waals surface area contributed by atoms with Crippen LogP contribution in [0.3, 0.4) is 0 Å². The van der Waals surface area contributed by atoms with Crippen molar-refractivity contribution in [1.29, 1.82) is 0 Å². The van der Waals surface area contributed by atoms with Crippen LogP contribution in [0.2, 0.25) is 0 Å². The minimum atomic E-state index is -0.701. The third-order valence-corrected chi connectivity index (χ3v) is 5.33. The summed E-state index contributed by atoms with van der Waals surface area (Å²) < 4.78 is 1.35. The molecule has 1 aromatic heterocycles. The molecule has 6 nitrogen and oxygen atoms in total. The lowest BCUT2D eigenvalue weighted by molar-refractivity contribution is 0.0968. The molecule has 5 aromatic rings. The quantitative estimate of drug-likeness (QED) is 0.280. The first-order valence-electron chi connectivity index (χ1n) is 9.97. The highest BCUT2D eigenvalue weighted by Gasteiger charge is 2.22. The van der Waals surface area contributed by atoms with Crippen molar-refractivity contribution in [1.82, 2.24) is 4.57 Å². The van der Waals surface area contributed by atoms with E-state index in [1.807, 2.05) is 42.5 Å². The summed E-state index contributed by atoms with van der Waals surface area (Å²) in [5.41, 5.74) is 1.63. The van der Waals surface area contributed by atoms with Crippen LogP contribution in [-0.2, 0) is 0 Å². The molecule has 0 spiro atoms. The lowest BCUT2D eigenvalue weighted by atomic mass is 10.1. The first-order valence-corrected chi connectivity index (χ1v) is 9.97. The molecule has 4 aromatic carbocycles. The molecule has 1 heterocycles. The lowest BCUT2D eigenvalue weighted by Gasteiger charge is -2.17. The highest BCUT2D eigenvalue weighted by Crippen LogP contribution is 2.41. The molecule has 6 heteroatoms. The van der Waals surface area contributed by atoms with Gasteiger partial charge in [0.25, 0.3) is 5.91 Å². The molecule has 0 atom stereocenters. The third kappa shape index (κ3) is 3.06. The number of phenolic OH excluding ortho intramolecular Hbond substituents is 3. The summed E-state index contributed by atoms with van der Waals surface area (Å²) in [4.78, 5) is 18.3. The summed E-state index contributed by atoms with van der Waals surface area (Å²) in [5.74, 6) is -2.19. The van der Waals surface area contributed by atoms with Crippen molar-refractivity contribution in [3.63, 3.8) is 0 Å². The number of pyridine rings is 1. The van der Waals surface area contributed by atoms with Gasteiger partial charge in [0, 0.05) is 16.3 Å². The van der Waals surface area contributed by atoms with Crippen molar-refractivity contribution in [2.75, 3.05) is 0 Å². The highest BCUT2D eigenvalue weighted by atomic mass is 16.3. The second-order valence-corrected chi connectivity index (χ2v) is 7.31. The number of para-hydroxylation sites is 2. The SMILES string of the molecule is O=C(c1ccccc1)n1c2ccccc2c(=Nc2ccccc2)c2cc(O)c(O)c(O)c21. The Hall–Kier alpha value is -4.58. The molecule has 0 unspecified atom stereocenters. The van der Waals surface area contributed by atoms with E-state index in [4.69, 9.17) is 4.99 Å². The van der Waals surface area contributed by atoms with Gasteiger partial charge in [-0.05, 0) is 36.4 Å². The van der Waals surface area contributed by atoms with E-state index >= 15 is 0 Å². The number of fused-ring (bicyclic) bond motifs is 2. The van der Waals surface area contributed by atoms with Gasteiger partial charge < -0.3 is 15.3 Å². The van der Waals surface area contributed by atoms with Crippen LogP contribution in [0.4, 0.5) is 5.69 Å². The van der Waals surface area contributed by atoms with Crippen molar-refractivity contribution in [2.45, 2.75) is 0 Å². The number of nitrogens with zero attached hydrogens (tertiary/aromatic N) is 2. The van der Waals surface area contributed by atoms with Crippen LogP contribution in [-0.4, -0.2) is 25.8 Å². The Morgan fingerprint density at radius 2 is 1.34 bits per heavy atom. The summed E-state index contributed by atoms with van der Waals surface area (Å²) >= 11 is 0. The molecule has 0 radical (unpaired) electrons. The van der Waals surface area contributed by atoms with Gasteiger partial charge in [0.15, 0.2) is 11.5 Å². The summed E-state index contributed by atoms with van der Waals surface area (Å²) in [5, 5.41) is 32.8. The van der Waals surface area contributed by atoms with E-state index < -0.39 is 23.2 Å². The van der Waals surface area contributed by atoms with Crippen molar-refractivity contribution < 1.29 is 20.1 Å². The van der Waals surface area contributed by atoms with E-state index in [2.05, 4.69) is 0 Å². The fourth-order valence-electron chi connectivity index (χ4n) is 3.85. The second-order valence-electron chi connectivity index (χ2n) is 7.31. The fourth-order valence-corrected chi connectivity index (χ4v) is 3.85. The maximum absolute atomic E-state index is 13.6. The van der Waals surface area contributed by atoms with E-state index in [-0.39, 0.29) is 5.52 Å². The summed E-state index contributed by atoms with van der Waals surface area (Å²) in [7, 11) is 0. The lowest BCUT2D eigenvalue weighted by Crippen LogP contribution is -2.19. The maximum Gasteiger partial charge on any atom is 0.263 e.